The van der Waals surface area contributed by atoms with Gasteiger partial charge in [-0.05, 0) is 70.4 Å². The first-order chi connectivity index (χ1) is 12.7. The summed E-state index contributed by atoms with van der Waals surface area (Å²) in [5.41, 5.74) is 0.364. The molecule has 1 saturated carbocycles. The monoisotopic (exact) mass is 366 g/mol. The lowest BCUT2D eigenvalue weighted by Crippen LogP contribution is -2.41. The van der Waals surface area contributed by atoms with Crippen LogP contribution in [0.1, 0.15) is 65.7 Å². The van der Waals surface area contributed by atoms with Gasteiger partial charge in [0.1, 0.15) is 0 Å². The van der Waals surface area contributed by atoms with Crippen molar-refractivity contribution in [1.82, 2.24) is 15.5 Å². The van der Waals surface area contributed by atoms with E-state index in [2.05, 4.69) is 36.3 Å². The molecule has 1 aliphatic heterocycles. The molecule has 5 heteroatoms. The van der Waals surface area contributed by atoms with Crippen molar-refractivity contribution >= 4 is 5.96 Å². The van der Waals surface area contributed by atoms with E-state index in [4.69, 9.17) is 9.73 Å². The topological polar surface area (TPSA) is 48.9 Å². The van der Waals surface area contributed by atoms with Crippen molar-refractivity contribution in [3.63, 3.8) is 0 Å². The molecular weight excluding hydrogens is 324 g/mol. The van der Waals surface area contributed by atoms with Gasteiger partial charge >= 0.3 is 0 Å². The highest BCUT2D eigenvalue weighted by Crippen LogP contribution is 2.41. The van der Waals surface area contributed by atoms with Crippen LogP contribution >= 0.6 is 0 Å². The Morgan fingerprint density at radius 2 is 2.00 bits per heavy atom. The highest BCUT2D eigenvalue weighted by Gasteiger charge is 2.33. The molecule has 0 amide bonds. The largest absolute Gasteiger partial charge is 0.382 e. The summed E-state index contributed by atoms with van der Waals surface area (Å²) >= 11 is 0. The summed E-state index contributed by atoms with van der Waals surface area (Å²) in [6, 6.07) is 0. The Bertz CT molecular complexity index is 407. The van der Waals surface area contributed by atoms with Gasteiger partial charge in [-0.2, -0.15) is 0 Å². The minimum absolute atomic E-state index is 0.364. The maximum atomic E-state index is 5.64. The number of rotatable bonds is 11. The third kappa shape index (κ3) is 7.07. The molecule has 152 valence electrons. The highest BCUT2D eigenvalue weighted by molar-refractivity contribution is 5.79. The quantitative estimate of drug-likeness (QED) is 0.335. The van der Waals surface area contributed by atoms with Gasteiger partial charge in [0.05, 0.1) is 0 Å². The van der Waals surface area contributed by atoms with E-state index in [1.807, 2.05) is 0 Å². The third-order valence-corrected chi connectivity index (χ3v) is 6.03. The smallest absolute Gasteiger partial charge is 0.191 e. The van der Waals surface area contributed by atoms with Gasteiger partial charge in [0.15, 0.2) is 5.96 Å². The molecule has 2 rings (SSSR count). The maximum Gasteiger partial charge on any atom is 0.191 e. The van der Waals surface area contributed by atoms with Crippen LogP contribution in [-0.4, -0.2) is 63.3 Å². The van der Waals surface area contributed by atoms with E-state index in [9.17, 15) is 0 Å². The number of likely N-dealkylation sites (tertiary alicyclic amines) is 1. The van der Waals surface area contributed by atoms with Crippen LogP contribution in [0, 0.1) is 11.3 Å². The second-order valence-electron chi connectivity index (χ2n) is 8.19. The molecule has 1 atom stereocenters. The lowest BCUT2D eigenvalue weighted by Gasteiger charge is -2.27. The number of hydrogen-bond acceptors (Lipinski definition) is 3. The first-order valence-corrected chi connectivity index (χ1v) is 11.0. The number of nitrogens with one attached hydrogen (secondary N) is 2. The van der Waals surface area contributed by atoms with Crippen molar-refractivity contribution in [2.24, 2.45) is 16.3 Å². The van der Waals surface area contributed by atoms with Crippen LogP contribution in [-0.2, 0) is 4.74 Å². The van der Waals surface area contributed by atoms with Crippen molar-refractivity contribution < 1.29 is 4.74 Å². The number of ether oxygens (including phenoxy) is 1. The van der Waals surface area contributed by atoms with E-state index in [-0.39, 0.29) is 0 Å². The summed E-state index contributed by atoms with van der Waals surface area (Å²) in [5.74, 6) is 1.76. The average molecular weight is 367 g/mol. The summed E-state index contributed by atoms with van der Waals surface area (Å²) in [5, 5.41) is 7.06. The minimum atomic E-state index is 0.364. The fraction of sp³-hybridized carbons (Fsp3) is 0.952. The Hall–Kier alpha value is -0.810. The molecule has 0 spiro atoms. The minimum Gasteiger partial charge on any atom is -0.382 e. The van der Waals surface area contributed by atoms with Crippen molar-refractivity contribution in [3.05, 3.63) is 0 Å². The van der Waals surface area contributed by atoms with Crippen molar-refractivity contribution in [1.29, 1.82) is 0 Å². The van der Waals surface area contributed by atoms with E-state index in [0.29, 0.717) is 5.41 Å². The van der Waals surface area contributed by atoms with Crippen LogP contribution in [0.3, 0.4) is 0 Å². The molecule has 0 aromatic heterocycles. The molecule has 1 aliphatic carbocycles. The van der Waals surface area contributed by atoms with Gasteiger partial charge in [0, 0.05) is 39.4 Å². The van der Waals surface area contributed by atoms with Crippen LogP contribution in [0.15, 0.2) is 4.99 Å². The Morgan fingerprint density at radius 3 is 2.69 bits per heavy atom. The van der Waals surface area contributed by atoms with E-state index < -0.39 is 0 Å². The molecule has 1 unspecified atom stereocenters. The van der Waals surface area contributed by atoms with Gasteiger partial charge in [-0.15, -0.1) is 0 Å². The number of guanidine groups is 1. The molecule has 0 aromatic carbocycles. The van der Waals surface area contributed by atoms with E-state index >= 15 is 0 Å². The molecule has 0 aromatic rings. The van der Waals surface area contributed by atoms with Gasteiger partial charge in [-0.3, -0.25) is 4.99 Å². The van der Waals surface area contributed by atoms with Gasteiger partial charge in [0.25, 0.3) is 0 Å². The molecule has 26 heavy (non-hydrogen) atoms. The Morgan fingerprint density at radius 1 is 1.19 bits per heavy atom. The number of hydrogen-bond donors (Lipinski definition) is 2. The first kappa shape index (κ1) is 21.5. The van der Waals surface area contributed by atoms with E-state index in [1.165, 1.54) is 58.2 Å². The SMILES string of the molecule is CCCN1CCC(CNC(=NCC2(CCOCC)CCCC2)NCC)C1. The van der Waals surface area contributed by atoms with Crippen molar-refractivity contribution in [3.8, 4) is 0 Å². The predicted molar refractivity (Wildman–Crippen MR) is 111 cm³/mol. The van der Waals surface area contributed by atoms with Crippen LogP contribution in [0.5, 0.6) is 0 Å². The van der Waals surface area contributed by atoms with Crippen LogP contribution < -0.4 is 10.6 Å². The molecule has 5 nitrogen and oxygen atoms in total. The van der Waals surface area contributed by atoms with E-state index in [0.717, 1.165) is 51.1 Å². The lowest BCUT2D eigenvalue weighted by molar-refractivity contribution is 0.107. The lowest BCUT2D eigenvalue weighted by atomic mass is 9.83. The predicted octanol–water partition coefficient (Wildman–Crippen LogP) is 3.26. The van der Waals surface area contributed by atoms with Gasteiger partial charge in [-0.1, -0.05) is 19.8 Å². The zero-order valence-electron chi connectivity index (χ0n) is 17.5. The maximum absolute atomic E-state index is 5.64. The molecular formula is C21H42N4O. The zero-order chi connectivity index (χ0) is 18.7. The van der Waals surface area contributed by atoms with Gasteiger partial charge in [-0.25, -0.2) is 0 Å². The molecule has 2 fully saturated rings. The summed E-state index contributed by atoms with van der Waals surface area (Å²) in [6.45, 7) is 14.8. The second kappa shape index (κ2) is 11.8. The Labute approximate surface area is 161 Å². The van der Waals surface area contributed by atoms with Crippen LogP contribution in [0.4, 0.5) is 0 Å². The molecule has 0 radical (unpaired) electrons. The van der Waals surface area contributed by atoms with E-state index in [1.54, 1.807) is 0 Å². The van der Waals surface area contributed by atoms with Gasteiger partial charge < -0.3 is 20.3 Å². The summed E-state index contributed by atoms with van der Waals surface area (Å²) in [6.07, 6.45) is 9.02. The highest BCUT2D eigenvalue weighted by atomic mass is 16.5. The summed E-state index contributed by atoms with van der Waals surface area (Å²) < 4.78 is 5.64. The fourth-order valence-corrected chi connectivity index (χ4v) is 4.47. The van der Waals surface area contributed by atoms with Gasteiger partial charge in [0.2, 0.25) is 0 Å². The van der Waals surface area contributed by atoms with Crippen molar-refractivity contribution in [2.45, 2.75) is 65.7 Å². The van der Waals surface area contributed by atoms with Crippen LogP contribution in [0.2, 0.25) is 0 Å². The van der Waals surface area contributed by atoms with Crippen LogP contribution in [0.25, 0.3) is 0 Å². The Balaban J connectivity index is 1.82. The molecule has 1 saturated heterocycles. The number of nitrogens with zero attached hydrogens (tertiary/aromatic N) is 2. The first-order valence-electron chi connectivity index (χ1n) is 11.0. The summed E-state index contributed by atoms with van der Waals surface area (Å²) in [4.78, 5) is 7.58. The Kier molecular flexibility index (Phi) is 9.76. The standard InChI is InChI=1S/C21H42N4O/c1-4-13-25-14-9-19(17-25)16-23-20(22-5-2)24-18-21(10-7-8-11-21)12-15-26-6-3/h19H,4-18H2,1-3H3,(H2,22,23,24). The number of aliphatic imine (C=N–C) groups is 1. The molecule has 1 heterocycles. The fourth-order valence-electron chi connectivity index (χ4n) is 4.47. The van der Waals surface area contributed by atoms with Crippen molar-refractivity contribution in [2.75, 3.05) is 52.5 Å². The molecule has 0 bridgehead atoms. The third-order valence-electron chi connectivity index (χ3n) is 6.03. The molecule has 2 N–H and O–H groups in total. The summed E-state index contributed by atoms with van der Waals surface area (Å²) in [7, 11) is 0. The normalized spacial score (nSPS) is 23.5. The average Bonchev–Trinajstić information content (AvgIpc) is 3.28. The second-order valence-corrected chi connectivity index (χ2v) is 8.19. The zero-order valence-corrected chi connectivity index (χ0v) is 17.5. The molecule has 2 aliphatic rings.